The first-order valence-electron chi connectivity index (χ1n) is 11.9. The van der Waals surface area contributed by atoms with E-state index in [4.69, 9.17) is 21.7 Å². The Hall–Kier alpha value is -2.35. The summed E-state index contributed by atoms with van der Waals surface area (Å²) in [5.41, 5.74) is 0.192. The molecule has 0 saturated carbocycles. The van der Waals surface area contributed by atoms with Crippen LogP contribution in [0.1, 0.15) is 46.0 Å². The predicted octanol–water partition coefficient (Wildman–Crippen LogP) is 3.23. The van der Waals surface area contributed by atoms with Gasteiger partial charge in [-0.25, -0.2) is 4.79 Å². The van der Waals surface area contributed by atoms with Crippen LogP contribution in [0.3, 0.4) is 0 Å². The van der Waals surface area contributed by atoms with Crippen molar-refractivity contribution in [3.05, 3.63) is 30.3 Å². The van der Waals surface area contributed by atoms with Gasteiger partial charge in [-0.2, -0.15) is 0 Å². The number of nitrogens with zero attached hydrogens (tertiary/aromatic N) is 2. The molecule has 0 radical (unpaired) electrons. The van der Waals surface area contributed by atoms with Crippen molar-refractivity contribution in [3.8, 4) is 5.75 Å². The molecule has 2 heterocycles. The van der Waals surface area contributed by atoms with E-state index in [0.29, 0.717) is 18.1 Å². The van der Waals surface area contributed by atoms with E-state index in [2.05, 4.69) is 10.2 Å². The maximum absolute atomic E-state index is 12.6. The number of ether oxygens (including phenoxy) is 2. The van der Waals surface area contributed by atoms with Crippen LogP contribution in [0, 0.1) is 11.3 Å². The van der Waals surface area contributed by atoms with Gasteiger partial charge in [0, 0.05) is 32.6 Å². The number of methoxy groups -OCH3 is 1. The molecule has 7 nitrogen and oxygen atoms in total. The fourth-order valence-corrected chi connectivity index (χ4v) is 4.97. The van der Waals surface area contributed by atoms with Crippen molar-refractivity contribution in [1.29, 1.82) is 0 Å². The van der Waals surface area contributed by atoms with Gasteiger partial charge in [-0.05, 0) is 61.4 Å². The van der Waals surface area contributed by atoms with E-state index >= 15 is 0 Å². The smallest absolute Gasteiger partial charge is 0.328 e. The van der Waals surface area contributed by atoms with Crippen LogP contribution in [-0.2, 0) is 14.3 Å². The Balaban J connectivity index is 1.40. The summed E-state index contributed by atoms with van der Waals surface area (Å²) in [7, 11) is 1.40. The average molecular weight is 476 g/mol. The summed E-state index contributed by atoms with van der Waals surface area (Å²) in [6, 6.07) is 9.26. The van der Waals surface area contributed by atoms with Gasteiger partial charge in [0.05, 0.1) is 13.7 Å². The molecular weight excluding hydrogens is 438 g/mol. The first-order chi connectivity index (χ1) is 15.8. The number of hydrogen-bond acceptors (Lipinski definition) is 5. The number of nitrogens with one attached hydrogen (secondary N) is 1. The van der Waals surface area contributed by atoms with Crippen LogP contribution in [0.5, 0.6) is 5.75 Å². The number of likely N-dealkylation sites (tertiary alicyclic amines) is 2. The second kappa shape index (κ2) is 11.7. The van der Waals surface area contributed by atoms with Crippen LogP contribution in [0.4, 0.5) is 0 Å². The summed E-state index contributed by atoms with van der Waals surface area (Å²) in [5.74, 6) is 0.849. The second-order valence-corrected chi connectivity index (χ2v) is 9.90. The summed E-state index contributed by atoms with van der Waals surface area (Å²) < 4.78 is 10.6. The van der Waals surface area contributed by atoms with Crippen LogP contribution in [0.2, 0.25) is 0 Å². The fraction of sp³-hybridized carbons (Fsp3) is 0.640. The largest absolute Gasteiger partial charge is 0.494 e. The minimum absolute atomic E-state index is 0.0827. The van der Waals surface area contributed by atoms with Crippen molar-refractivity contribution in [3.63, 3.8) is 0 Å². The van der Waals surface area contributed by atoms with Crippen molar-refractivity contribution in [1.82, 2.24) is 15.1 Å². The van der Waals surface area contributed by atoms with Gasteiger partial charge in [0.15, 0.2) is 5.11 Å². The van der Waals surface area contributed by atoms with Gasteiger partial charge in [-0.15, -0.1) is 0 Å². The van der Waals surface area contributed by atoms with E-state index in [1.807, 2.05) is 49.1 Å². The molecule has 1 aromatic carbocycles. The molecule has 2 saturated heterocycles. The molecule has 2 aliphatic heterocycles. The van der Waals surface area contributed by atoms with Crippen LogP contribution < -0.4 is 10.1 Å². The SMILES string of the molecule is COC(=O)C(NC(=S)N1CCC2(CCN(C(=O)CCCOc3ccccc3)CC2)C1)C(C)C. The Kier molecular flexibility index (Phi) is 8.95. The molecule has 1 aromatic rings. The monoisotopic (exact) mass is 475 g/mol. The highest BCUT2D eigenvalue weighted by atomic mass is 32.1. The molecule has 33 heavy (non-hydrogen) atoms. The Morgan fingerprint density at radius 1 is 1.09 bits per heavy atom. The molecular formula is C25H37N3O4S. The minimum Gasteiger partial charge on any atom is -0.494 e. The molecule has 1 N–H and O–H groups in total. The zero-order chi connectivity index (χ0) is 23.8. The molecule has 0 aliphatic carbocycles. The number of benzene rings is 1. The number of para-hydroxylation sites is 1. The number of rotatable bonds is 8. The van der Waals surface area contributed by atoms with Crippen molar-refractivity contribution >= 4 is 29.2 Å². The first-order valence-corrected chi connectivity index (χ1v) is 12.3. The lowest BCUT2D eigenvalue weighted by atomic mass is 9.77. The molecule has 2 aliphatic rings. The minimum atomic E-state index is -0.440. The predicted molar refractivity (Wildman–Crippen MR) is 132 cm³/mol. The van der Waals surface area contributed by atoms with Gasteiger partial charge in [0.2, 0.25) is 5.91 Å². The highest BCUT2D eigenvalue weighted by molar-refractivity contribution is 7.80. The van der Waals surface area contributed by atoms with E-state index in [1.54, 1.807) is 0 Å². The second-order valence-electron chi connectivity index (χ2n) is 9.51. The maximum atomic E-state index is 12.6. The Bertz CT molecular complexity index is 809. The molecule has 8 heteroatoms. The standard InChI is InChI=1S/C25H37N3O4S/c1-19(2)22(23(30)31-3)26-24(33)28-16-13-25(18-28)11-14-27(15-12-25)21(29)10-7-17-32-20-8-5-4-6-9-20/h4-6,8-9,19,22H,7,10-18H2,1-3H3,(H,26,33). The summed E-state index contributed by atoms with van der Waals surface area (Å²) in [6.45, 7) is 7.84. The van der Waals surface area contributed by atoms with Crippen LogP contribution in [0.25, 0.3) is 0 Å². The van der Waals surface area contributed by atoms with Gasteiger partial charge in [-0.1, -0.05) is 32.0 Å². The van der Waals surface area contributed by atoms with Gasteiger partial charge in [-0.3, -0.25) is 4.79 Å². The summed E-state index contributed by atoms with van der Waals surface area (Å²) in [4.78, 5) is 28.9. The molecule has 1 atom stereocenters. The van der Waals surface area contributed by atoms with E-state index < -0.39 is 6.04 Å². The van der Waals surface area contributed by atoms with Crippen molar-refractivity contribution in [2.24, 2.45) is 11.3 Å². The number of carbonyl (C=O) groups is 2. The van der Waals surface area contributed by atoms with Crippen LogP contribution >= 0.6 is 12.2 Å². The molecule has 1 unspecified atom stereocenters. The van der Waals surface area contributed by atoms with Crippen molar-refractivity contribution in [2.45, 2.75) is 52.0 Å². The highest BCUT2D eigenvalue weighted by Gasteiger charge is 2.42. The number of esters is 1. The molecule has 1 spiro atoms. The van der Waals surface area contributed by atoms with E-state index in [1.165, 1.54) is 7.11 Å². The third-order valence-corrected chi connectivity index (χ3v) is 7.23. The summed E-state index contributed by atoms with van der Waals surface area (Å²) in [6.07, 6.45) is 4.28. The lowest BCUT2D eigenvalue weighted by Gasteiger charge is -2.39. The Morgan fingerprint density at radius 3 is 2.33 bits per heavy atom. The number of amides is 1. The molecule has 2 fully saturated rings. The number of piperidine rings is 1. The third kappa shape index (κ3) is 6.82. The van der Waals surface area contributed by atoms with E-state index in [9.17, 15) is 9.59 Å². The van der Waals surface area contributed by atoms with Crippen LogP contribution in [0.15, 0.2) is 30.3 Å². The molecule has 182 valence electrons. The molecule has 3 rings (SSSR count). The van der Waals surface area contributed by atoms with Crippen LogP contribution in [-0.4, -0.2) is 72.7 Å². The van der Waals surface area contributed by atoms with Crippen molar-refractivity contribution < 1.29 is 19.1 Å². The third-order valence-electron chi connectivity index (χ3n) is 6.85. The van der Waals surface area contributed by atoms with Gasteiger partial charge in [0.1, 0.15) is 11.8 Å². The average Bonchev–Trinajstić information content (AvgIpc) is 3.24. The lowest BCUT2D eigenvalue weighted by Crippen LogP contribution is -2.51. The molecule has 0 aromatic heterocycles. The first kappa shape index (κ1) is 25.3. The van der Waals surface area contributed by atoms with Gasteiger partial charge < -0.3 is 24.6 Å². The Labute approximate surface area is 202 Å². The summed E-state index contributed by atoms with van der Waals surface area (Å²) >= 11 is 5.62. The number of carbonyl (C=O) groups excluding carboxylic acids is 2. The van der Waals surface area contributed by atoms with Gasteiger partial charge in [0.25, 0.3) is 0 Å². The Morgan fingerprint density at radius 2 is 1.73 bits per heavy atom. The van der Waals surface area contributed by atoms with E-state index in [0.717, 1.165) is 57.6 Å². The fourth-order valence-electron chi connectivity index (χ4n) is 4.68. The van der Waals surface area contributed by atoms with Crippen molar-refractivity contribution in [2.75, 3.05) is 39.9 Å². The zero-order valence-corrected chi connectivity index (χ0v) is 20.9. The normalized spacial score (nSPS) is 18.3. The van der Waals surface area contributed by atoms with Gasteiger partial charge >= 0.3 is 5.97 Å². The number of hydrogen-bond donors (Lipinski definition) is 1. The molecule has 1 amide bonds. The quantitative estimate of drug-likeness (QED) is 0.352. The lowest BCUT2D eigenvalue weighted by molar-refractivity contribution is -0.143. The maximum Gasteiger partial charge on any atom is 0.328 e. The zero-order valence-electron chi connectivity index (χ0n) is 20.0. The molecule has 0 bridgehead atoms. The topological polar surface area (TPSA) is 71.1 Å². The highest BCUT2D eigenvalue weighted by Crippen LogP contribution is 2.40. The van der Waals surface area contributed by atoms with E-state index in [-0.39, 0.29) is 23.2 Å². The number of thiocarbonyl (C=S) groups is 1. The summed E-state index contributed by atoms with van der Waals surface area (Å²) in [5, 5.41) is 3.82.